The molecule has 3 nitrogen and oxygen atoms in total. The summed E-state index contributed by atoms with van der Waals surface area (Å²) in [6.07, 6.45) is 5.90. The smallest absolute Gasteiger partial charge is 0.223 e. The van der Waals surface area contributed by atoms with E-state index in [9.17, 15) is 4.79 Å². The molecular weight excluding hydrogens is 234 g/mol. The second-order valence-electron chi connectivity index (χ2n) is 5.26. The van der Waals surface area contributed by atoms with Crippen LogP contribution in [0.2, 0.25) is 0 Å². The van der Waals surface area contributed by atoms with Gasteiger partial charge < -0.3 is 10.4 Å². The number of aliphatic hydroxyl groups is 1. The summed E-state index contributed by atoms with van der Waals surface area (Å²) in [5, 5.41) is 11.7. The van der Waals surface area contributed by atoms with Crippen LogP contribution < -0.4 is 5.32 Å². The van der Waals surface area contributed by atoms with Crippen molar-refractivity contribution in [2.24, 2.45) is 17.8 Å². The summed E-state index contributed by atoms with van der Waals surface area (Å²) in [4.78, 5) is 12.0. The van der Waals surface area contributed by atoms with Crippen LogP contribution in [0.15, 0.2) is 0 Å². The number of aliphatic hydroxyl groups excluding tert-OH is 1. The van der Waals surface area contributed by atoms with Gasteiger partial charge in [0, 0.05) is 24.8 Å². The van der Waals surface area contributed by atoms with E-state index in [1.807, 2.05) is 0 Å². The standard InChI is InChI=1S/C13H23NO2S/c15-5-1-6-17-7-4-14-13(16)12-9-10-2-3-11(12)8-10/h10-12,15H,1-9H2,(H,14,16). The number of thioether (sulfide) groups is 1. The highest BCUT2D eigenvalue weighted by Crippen LogP contribution is 2.48. The summed E-state index contributed by atoms with van der Waals surface area (Å²) in [6.45, 7) is 1.05. The zero-order valence-corrected chi connectivity index (χ0v) is 11.2. The van der Waals surface area contributed by atoms with E-state index in [0.29, 0.717) is 17.7 Å². The Balaban J connectivity index is 1.55. The third kappa shape index (κ3) is 3.62. The van der Waals surface area contributed by atoms with Gasteiger partial charge in [-0.25, -0.2) is 0 Å². The molecule has 2 aliphatic rings. The minimum Gasteiger partial charge on any atom is -0.396 e. The van der Waals surface area contributed by atoms with Crippen LogP contribution in [0.3, 0.4) is 0 Å². The van der Waals surface area contributed by atoms with Crippen LogP contribution >= 0.6 is 11.8 Å². The Labute approximate surface area is 108 Å². The number of nitrogens with one attached hydrogen (secondary N) is 1. The summed E-state index contributed by atoms with van der Waals surface area (Å²) in [5.41, 5.74) is 0. The van der Waals surface area contributed by atoms with Crippen molar-refractivity contribution >= 4 is 17.7 Å². The number of hydrogen-bond acceptors (Lipinski definition) is 3. The van der Waals surface area contributed by atoms with Gasteiger partial charge in [0.2, 0.25) is 5.91 Å². The highest BCUT2D eigenvalue weighted by atomic mass is 32.2. The van der Waals surface area contributed by atoms with E-state index in [-0.39, 0.29) is 6.61 Å². The summed E-state index contributed by atoms with van der Waals surface area (Å²) in [6, 6.07) is 0. The lowest BCUT2D eigenvalue weighted by atomic mass is 9.88. The van der Waals surface area contributed by atoms with Crippen LogP contribution in [0.5, 0.6) is 0 Å². The highest BCUT2D eigenvalue weighted by molar-refractivity contribution is 7.99. The number of carbonyl (C=O) groups is 1. The Kier molecular flexibility index (Phi) is 5.16. The molecule has 2 fully saturated rings. The molecular formula is C13H23NO2S. The lowest BCUT2D eigenvalue weighted by Gasteiger charge is -2.20. The van der Waals surface area contributed by atoms with E-state index in [2.05, 4.69) is 5.32 Å². The van der Waals surface area contributed by atoms with E-state index in [1.54, 1.807) is 11.8 Å². The van der Waals surface area contributed by atoms with Crippen molar-refractivity contribution in [3.63, 3.8) is 0 Å². The first kappa shape index (κ1) is 13.2. The van der Waals surface area contributed by atoms with Crippen LogP contribution in [0.25, 0.3) is 0 Å². The van der Waals surface area contributed by atoms with Gasteiger partial charge in [0.05, 0.1) is 0 Å². The Morgan fingerprint density at radius 3 is 2.82 bits per heavy atom. The number of hydrogen-bond donors (Lipinski definition) is 2. The minimum absolute atomic E-state index is 0.268. The predicted octanol–water partition coefficient (Wildman–Crippen LogP) is 1.65. The van der Waals surface area contributed by atoms with Gasteiger partial charge in [-0.2, -0.15) is 11.8 Å². The zero-order chi connectivity index (χ0) is 12.1. The fourth-order valence-corrected chi connectivity index (χ4v) is 4.00. The van der Waals surface area contributed by atoms with Gasteiger partial charge in [-0.1, -0.05) is 6.42 Å². The normalized spacial score (nSPS) is 30.8. The Hall–Kier alpha value is -0.220. The molecule has 0 saturated heterocycles. The quantitative estimate of drug-likeness (QED) is 0.682. The second kappa shape index (κ2) is 6.64. The Morgan fingerprint density at radius 2 is 2.18 bits per heavy atom. The fourth-order valence-electron chi connectivity index (χ4n) is 3.21. The molecule has 0 aromatic carbocycles. The fraction of sp³-hybridized carbons (Fsp3) is 0.923. The second-order valence-corrected chi connectivity index (χ2v) is 6.49. The lowest BCUT2D eigenvalue weighted by molar-refractivity contribution is -0.126. The third-order valence-corrected chi connectivity index (χ3v) is 5.14. The van der Waals surface area contributed by atoms with Gasteiger partial charge in [0.1, 0.15) is 0 Å². The van der Waals surface area contributed by atoms with Crippen LogP contribution in [0, 0.1) is 17.8 Å². The minimum atomic E-state index is 0.268. The molecule has 4 heteroatoms. The lowest BCUT2D eigenvalue weighted by Crippen LogP contribution is -2.34. The van der Waals surface area contributed by atoms with Gasteiger partial charge in [-0.15, -0.1) is 0 Å². The van der Waals surface area contributed by atoms with E-state index in [4.69, 9.17) is 5.11 Å². The predicted molar refractivity (Wildman–Crippen MR) is 71.0 cm³/mol. The third-order valence-electron chi connectivity index (χ3n) is 4.07. The van der Waals surface area contributed by atoms with Crippen molar-refractivity contribution < 1.29 is 9.90 Å². The molecule has 3 atom stereocenters. The molecule has 0 aromatic heterocycles. The van der Waals surface area contributed by atoms with Gasteiger partial charge >= 0.3 is 0 Å². The topological polar surface area (TPSA) is 49.3 Å². The van der Waals surface area contributed by atoms with Crippen molar-refractivity contribution in [2.45, 2.75) is 32.1 Å². The van der Waals surface area contributed by atoms with E-state index in [1.165, 1.54) is 19.3 Å². The molecule has 2 rings (SSSR count). The van der Waals surface area contributed by atoms with Crippen molar-refractivity contribution in [3.05, 3.63) is 0 Å². The van der Waals surface area contributed by atoms with Gasteiger partial charge in [0.15, 0.2) is 0 Å². The first-order valence-electron chi connectivity index (χ1n) is 6.77. The van der Waals surface area contributed by atoms with Crippen molar-refractivity contribution in [1.29, 1.82) is 0 Å². The van der Waals surface area contributed by atoms with Crippen molar-refractivity contribution in [1.82, 2.24) is 5.32 Å². The van der Waals surface area contributed by atoms with E-state index >= 15 is 0 Å². The maximum Gasteiger partial charge on any atom is 0.223 e. The first-order valence-corrected chi connectivity index (χ1v) is 7.93. The molecule has 2 N–H and O–H groups in total. The number of fused-ring (bicyclic) bond motifs is 2. The maximum atomic E-state index is 12.0. The van der Waals surface area contributed by atoms with Crippen molar-refractivity contribution in [3.8, 4) is 0 Å². The average molecular weight is 257 g/mol. The number of rotatable bonds is 7. The SMILES string of the molecule is O=C(NCCSCCCO)C1CC2CCC1C2. The summed E-state index contributed by atoms with van der Waals surface area (Å²) in [5.74, 6) is 4.08. The Morgan fingerprint density at radius 1 is 1.29 bits per heavy atom. The van der Waals surface area contributed by atoms with Gasteiger partial charge in [-0.3, -0.25) is 4.79 Å². The van der Waals surface area contributed by atoms with Gasteiger partial charge in [-0.05, 0) is 43.3 Å². The van der Waals surface area contributed by atoms with Crippen LogP contribution in [-0.2, 0) is 4.79 Å². The molecule has 0 aliphatic heterocycles. The molecule has 1 amide bonds. The largest absolute Gasteiger partial charge is 0.396 e. The maximum absolute atomic E-state index is 12.0. The molecule has 98 valence electrons. The number of carbonyl (C=O) groups excluding carboxylic acids is 1. The van der Waals surface area contributed by atoms with Gasteiger partial charge in [0.25, 0.3) is 0 Å². The molecule has 2 saturated carbocycles. The summed E-state index contributed by atoms with van der Waals surface area (Å²) >= 11 is 1.80. The first-order chi connectivity index (χ1) is 8.31. The molecule has 2 aliphatic carbocycles. The Bertz CT molecular complexity index is 260. The van der Waals surface area contributed by atoms with Crippen LogP contribution in [-0.4, -0.2) is 35.7 Å². The summed E-state index contributed by atoms with van der Waals surface area (Å²) < 4.78 is 0. The number of amides is 1. The van der Waals surface area contributed by atoms with Crippen LogP contribution in [0.1, 0.15) is 32.1 Å². The highest BCUT2D eigenvalue weighted by Gasteiger charge is 2.42. The van der Waals surface area contributed by atoms with E-state index < -0.39 is 0 Å². The zero-order valence-electron chi connectivity index (χ0n) is 10.4. The molecule has 2 bridgehead atoms. The summed E-state index contributed by atoms with van der Waals surface area (Å²) in [7, 11) is 0. The molecule has 17 heavy (non-hydrogen) atoms. The molecule has 3 unspecified atom stereocenters. The average Bonchev–Trinajstić information content (AvgIpc) is 2.95. The molecule has 0 spiro atoms. The molecule has 0 aromatic rings. The molecule has 0 heterocycles. The van der Waals surface area contributed by atoms with Crippen LogP contribution in [0.4, 0.5) is 0 Å². The van der Waals surface area contributed by atoms with Crippen molar-refractivity contribution in [2.75, 3.05) is 24.7 Å². The van der Waals surface area contributed by atoms with E-state index in [0.717, 1.165) is 36.8 Å². The monoisotopic (exact) mass is 257 g/mol. The molecule has 0 radical (unpaired) electrons.